The van der Waals surface area contributed by atoms with E-state index in [9.17, 15) is 0 Å². The Hall–Kier alpha value is -1.82. The molecular formula is C22H26. The van der Waals surface area contributed by atoms with Crippen molar-refractivity contribution in [2.24, 2.45) is 0 Å². The summed E-state index contributed by atoms with van der Waals surface area (Å²) in [7, 11) is 0. The summed E-state index contributed by atoms with van der Waals surface area (Å²) >= 11 is 0. The molecule has 114 valence electrons. The van der Waals surface area contributed by atoms with Crippen LogP contribution in [0, 0.1) is 6.92 Å². The summed E-state index contributed by atoms with van der Waals surface area (Å²) in [5.74, 6) is 0. The van der Waals surface area contributed by atoms with Gasteiger partial charge in [-0.25, -0.2) is 0 Å². The molecule has 0 unspecified atom stereocenters. The fraction of sp³-hybridized carbons (Fsp3) is 0.364. The van der Waals surface area contributed by atoms with Crippen LogP contribution in [0.2, 0.25) is 0 Å². The fourth-order valence-corrected chi connectivity index (χ4v) is 3.66. The van der Waals surface area contributed by atoms with Crippen LogP contribution in [0.1, 0.15) is 55.4 Å². The van der Waals surface area contributed by atoms with Crippen molar-refractivity contribution in [1.82, 2.24) is 0 Å². The highest BCUT2D eigenvalue weighted by Gasteiger charge is 2.19. The fourth-order valence-electron chi connectivity index (χ4n) is 3.66. The van der Waals surface area contributed by atoms with Crippen LogP contribution in [0.3, 0.4) is 0 Å². The first-order chi connectivity index (χ1) is 10.7. The third-order valence-electron chi connectivity index (χ3n) is 4.69. The van der Waals surface area contributed by atoms with E-state index in [2.05, 4.69) is 63.2 Å². The van der Waals surface area contributed by atoms with Crippen LogP contribution in [0.25, 0.3) is 17.2 Å². The summed E-state index contributed by atoms with van der Waals surface area (Å²) in [6.07, 6.45) is 8.44. The van der Waals surface area contributed by atoms with E-state index < -0.39 is 0 Å². The smallest absolute Gasteiger partial charge is 0.00576 e. The predicted octanol–water partition coefficient (Wildman–Crippen LogP) is 6.35. The average molecular weight is 290 g/mol. The molecular weight excluding hydrogens is 264 g/mol. The maximum absolute atomic E-state index is 2.47. The first-order valence-electron chi connectivity index (χ1n) is 8.64. The highest BCUT2D eigenvalue weighted by Crippen LogP contribution is 2.39. The lowest BCUT2D eigenvalue weighted by molar-refractivity contribution is 0.885. The molecule has 22 heavy (non-hydrogen) atoms. The van der Waals surface area contributed by atoms with E-state index in [-0.39, 0.29) is 0 Å². The largest absolute Gasteiger partial charge is 0.0652 e. The van der Waals surface area contributed by atoms with Gasteiger partial charge < -0.3 is 0 Å². The standard InChI is InChI=1S/C22H26/c1-4-8-17-14-19-13-12-18(9-5-2)22(21(19)15-17)20-11-7-6-10-16(20)3/h6-7,10-13,15H,4-5,8-9,14H2,1-3H3. The molecule has 0 aromatic heterocycles. The Morgan fingerprint density at radius 2 is 1.68 bits per heavy atom. The Kier molecular flexibility index (Phi) is 4.47. The first-order valence-corrected chi connectivity index (χ1v) is 8.64. The second-order valence-electron chi connectivity index (χ2n) is 6.47. The van der Waals surface area contributed by atoms with Gasteiger partial charge in [0.2, 0.25) is 0 Å². The van der Waals surface area contributed by atoms with E-state index in [1.165, 1.54) is 52.6 Å². The minimum Gasteiger partial charge on any atom is -0.0652 e. The zero-order chi connectivity index (χ0) is 15.5. The number of allylic oxidation sites excluding steroid dienone is 1. The van der Waals surface area contributed by atoms with Crippen LogP contribution in [-0.4, -0.2) is 0 Å². The zero-order valence-electron chi connectivity index (χ0n) is 14.1. The Labute approximate surface area is 134 Å². The molecule has 3 rings (SSSR count). The average Bonchev–Trinajstić information content (AvgIpc) is 2.91. The number of fused-ring (bicyclic) bond motifs is 1. The number of hydrogen-bond donors (Lipinski definition) is 0. The van der Waals surface area contributed by atoms with Crippen molar-refractivity contribution in [1.29, 1.82) is 0 Å². The monoisotopic (exact) mass is 290 g/mol. The van der Waals surface area contributed by atoms with Gasteiger partial charge in [-0.15, -0.1) is 0 Å². The third kappa shape index (κ3) is 2.75. The first kappa shape index (κ1) is 15.1. The van der Waals surface area contributed by atoms with E-state index in [4.69, 9.17) is 0 Å². The minimum atomic E-state index is 1.15. The van der Waals surface area contributed by atoms with Crippen LogP contribution < -0.4 is 0 Å². The molecule has 1 aliphatic rings. The quantitative estimate of drug-likeness (QED) is 0.601. The van der Waals surface area contributed by atoms with Gasteiger partial charge in [0.15, 0.2) is 0 Å². The van der Waals surface area contributed by atoms with Gasteiger partial charge in [-0.1, -0.05) is 74.7 Å². The van der Waals surface area contributed by atoms with Gasteiger partial charge in [0.05, 0.1) is 0 Å². The lowest BCUT2D eigenvalue weighted by atomic mass is 9.88. The molecule has 0 N–H and O–H groups in total. The Bertz CT molecular complexity index is 704. The van der Waals surface area contributed by atoms with Crippen LogP contribution in [-0.2, 0) is 12.8 Å². The molecule has 0 atom stereocenters. The molecule has 0 nitrogen and oxygen atoms in total. The second-order valence-corrected chi connectivity index (χ2v) is 6.47. The van der Waals surface area contributed by atoms with Gasteiger partial charge in [0.25, 0.3) is 0 Å². The second kappa shape index (κ2) is 6.52. The molecule has 0 radical (unpaired) electrons. The third-order valence-corrected chi connectivity index (χ3v) is 4.69. The SMILES string of the molecule is CCCC1=Cc2c(ccc(CCC)c2-c2ccccc2C)C1. The molecule has 2 aromatic rings. The van der Waals surface area contributed by atoms with Crippen molar-refractivity contribution in [3.8, 4) is 11.1 Å². The van der Waals surface area contributed by atoms with E-state index in [0.29, 0.717) is 0 Å². The van der Waals surface area contributed by atoms with Gasteiger partial charge >= 0.3 is 0 Å². The molecule has 0 fully saturated rings. The molecule has 0 bridgehead atoms. The number of aryl methyl sites for hydroxylation is 2. The van der Waals surface area contributed by atoms with Gasteiger partial charge in [-0.3, -0.25) is 0 Å². The Balaban J connectivity index is 2.19. The van der Waals surface area contributed by atoms with Crippen molar-refractivity contribution in [3.05, 3.63) is 64.2 Å². The predicted molar refractivity (Wildman–Crippen MR) is 97.2 cm³/mol. The summed E-state index contributed by atoms with van der Waals surface area (Å²) in [6.45, 7) is 6.78. The van der Waals surface area contributed by atoms with Crippen molar-refractivity contribution in [3.63, 3.8) is 0 Å². The number of benzene rings is 2. The maximum Gasteiger partial charge on any atom is -0.00576 e. The summed E-state index contributed by atoms with van der Waals surface area (Å²) in [4.78, 5) is 0. The van der Waals surface area contributed by atoms with Crippen LogP contribution in [0.4, 0.5) is 0 Å². The van der Waals surface area contributed by atoms with Crippen molar-refractivity contribution < 1.29 is 0 Å². The van der Waals surface area contributed by atoms with E-state index in [1.54, 1.807) is 5.57 Å². The summed E-state index contributed by atoms with van der Waals surface area (Å²) < 4.78 is 0. The molecule has 0 heterocycles. The lowest BCUT2D eigenvalue weighted by Crippen LogP contribution is -1.97. The molecule has 0 saturated carbocycles. The summed E-state index contributed by atoms with van der Waals surface area (Å²) in [5, 5.41) is 0. The van der Waals surface area contributed by atoms with E-state index in [1.807, 2.05) is 0 Å². The van der Waals surface area contributed by atoms with Gasteiger partial charge in [0, 0.05) is 0 Å². The Morgan fingerprint density at radius 3 is 2.41 bits per heavy atom. The summed E-state index contributed by atoms with van der Waals surface area (Å²) in [6, 6.07) is 13.6. The van der Waals surface area contributed by atoms with Crippen molar-refractivity contribution in [2.75, 3.05) is 0 Å². The molecule has 0 amide bonds. The van der Waals surface area contributed by atoms with E-state index in [0.717, 1.165) is 12.8 Å². The van der Waals surface area contributed by atoms with Crippen molar-refractivity contribution >= 4 is 6.08 Å². The van der Waals surface area contributed by atoms with Crippen LogP contribution in [0.15, 0.2) is 42.0 Å². The zero-order valence-corrected chi connectivity index (χ0v) is 14.1. The van der Waals surface area contributed by atoms with Crippen LogP contribution in [0.5, 0.6) is 0 Å². The number of hydrogen-bond acceptors (Lipinski definition) is 0. The molecule has 1 aliphatic carbocycles. The molecule has 2 aromatic carbocycles. The van der Waals surface area contributed by atoms with Gasteiger partial charge in [-0.05, 0) is 59.6 Å². The molecule has 0 spiro atoms. The Morgan fingerprint density at radius 1 is 0.909 bits per heavy atom. The van der Waals surface area contributed by atoms with Crippen molar-refractivity contribution in [2.45, 2.75) is 52.9 Å². The maximum atomic E-state index is 2.47. The highest BCUT2D eigenvalue weighted by atomic mass is 14.2. The van der Waals surface area contributed by atoms with Gasteiger partial charge in [0.1, 0.15) is 0 Å². The minimum absolute atomic E-state index is 1.15. The topological polar surface area (TPSA) is 0 Å². The normalized spacial score (nSPS) is 13.1. The number of rotatable bonds is 5. The molecule has 0 heteroatoms. The van der Waals surface area contributed by atoms with Gasteiger partial charge in [-0.2, -0.15) is 0 Å². The molecule has 0 aliphatic heterocycles. The summed E-state index contributed by atoms with van der Waals surface area (Å²) in [5.41, 5.74) is 10.4. The van der Waals surface area contributed by atoms with Crippen LogP contribution >= 0.6 is 0 Å². The lowest BCUT2D eigenvalue weighted by Gasteiger charge is -2.16. The van der Waals surface area contributed by atoms with E-state index >= 15 is 0 Å². The highest BCUT2D eigenvalue weighted by molar-refractivity contribution is 5.84. The molecule has 0 saturated heterocycles.